The molecule has 0 amide bonds. The van der Waals surface area contributed by atoms with Crippen LogP contribution in [-0.2, 0) is 6.42 Å². The van der Waals surface area contributed by atoms with Crippen molar-refractivity contribution in [2.75, 3.05) is 6.54 Å². The van der Waals surface area contributed by atoms with Gasteiger partial charge in [0.15, 0.2) is 0 Å². The SMILES string of the molecule is NCCc1sccc1-c1cn[nH]c1. The maximum absolute atomic E-state index is 5.53. The van der Waals surface area contributed by atoms with Gasteiger partial charge in [-0.25, -0.2) is 0 Å². The van der Waals surface area contributed by atoms with Gasteiger partial charge in [0.1, 0.15) is 0 Å². The lowest BCUT2D eigenvalue weighted by molar-refractivity contribution is 0.990. The first kappa shape index (κ1) is 8.47. The number of rotatable bonds is 3. The van der Waals surface area contributed by atoms with Crippen molar-refractivity contribution in [2.24, 2.45) is 5.73 Å². The Morgan fingerprint density at radius 3 is 3.15 bits per heavy atom. The van der Waals surface area contributed by atoms with Gasteiger partial charge in [0.25, 0.3) is 0 Å². The molecule has 0 unspecified atom stereocenters. The van der Waals surface area contributed by atoms with Gasteiger partial charge >= 0.3 is 0 Å². The maximum Gasteiger partial charge on any atom is 0.0566 e. The summed E-state index contributed by atoms with van der Waals surface area (Å²) in [6.45, 7) is 0.700. The molecule has 0 atom stereocenters. The van der Waals surface area contributed by atoms with E-state index < -0.39 is 0 Å². The minimum absolute atomic E-state index is 0.700. The first-order valence-electron chi connectivity index (χ1n) is 4.17. The van der Waals surface area contributed by atoms with Crippen LogP contribution in [0.5, 0.6) is 0 Å². The molecule has 4 heteroatoms. The third-order valence-corrected chi connectivity index (χ3v) is 2.91. The molecule has 0 aliphatic carbocycles. The van der Waals surface area contributed by atoms with Crippen molar-refractivity contribution < 1.29 is 0 Å². The largest absolute Gasteiger partial charge is 0.330 e. The quantitative estimate of drug-likeness (QED) is 0.778. The van der Waals surface area contributed by atoms with E-state index in [1.807, 2.05) is 12.4 Å². The first-order chi connectivity index (χ1) is 6.42. The van der Waals surface area contributed by atoms with Crippen molar-refractivity contribution in [3.05, 3.63) is 28.7 Å². The van der Waals surface area contributed by atoms with Gasteiger partial charge in [0.2, 0.25) is 0 Å². The van der Waals surface area contributed by atoms with Gasteiger partial charge in [-0.05, 0) is 30.0 Å². The molecule has 0 saturated carbocycles. The minimum atomic E-state index is 0.700. The average molecular weight is 193 g/mol. The number of hydrogen-bond acceptors (Lipinski definition) is 3. The molecular weight excluding hydrogens is 182 g/mol. The lowest BCUT2D eigenvalue weighted by atomic mass is 10.1. The topological polar surface area (TPSA) is 54.7 Å². The van der Waals surface area contributed by atoms with Crippen LogP contribution in [0.4, 0.5) is 0 Å². The molecule has 0 aliphatic rings. The number of hydrogen-bond donors (Lipinski definition) is 2. The number of thiophene rings is 1. The van der Waals surface area contributed by atoms with Gasteiger partial charge in [-0.15, -0.1) is 11.3 Å². The van der Waals surface area contributed by atoms with Crippen molar-refractivity contribution in [1.29, 1.82) is 0 Å². The Morgan fingerprint density at radius 1 is 1.54 bits per heavy atom. The predicted octanol–water partition coefficient (Wildman–Crippen LogP) is 1.64. The fourth-order valence-corrected chi connectivity index (χ4v) is 2.24. The van der Waals surface area contributed by atoms with Crippen LogP contribution in [0.1, 0.15) is 4.88 Å². The van der Waals surface area contributed by atoms with Crippen LogP contribution in [0.25, 0.3) is 11.1 Å². The van der Waals surface area contributed by atoms with Gasteiger partial charge in [-0.2, -0.15) is 5.10 Å². The monoisotopic (exact) mass is 193 g/mol. The van der Waals surface area contributed by atoms with Crippen molar-refractivity contribution in [2.45, 2.75) is 6.42 Å². The summed E-state index contributed by atoms with van der Waals surface area (Å²) in [5.41, 5.74) is 7.92. The van der Waals surface area contributed by atoms with Crippen LogP contribution >= 0.6 is 11.3 Å². The molecule has 0 bridgehead atoms. The average Bonchev–Trinajstić information content (AvgIpc) is 2.71. The highest BCUT2D eigenvalue weighted by Gasteiger charge is 2.06. The van der Waals surface area contributed by atoms with Crippen LogP contribution in [-0.4, -0.2) is 16.7 Å². The summed E-state index contributed by atoms with van der Waals surface area (Å²) in [6.07, 6.45) is 4.68. The molecule has 0 aromatic carbocycles. The van der Waals surface area contributed by atoms with Gasteiger partial charge < -0.3 is 5.73 Å². The van der Waals surface area contributed by atoms with E-state index in [0.29, 0.717) is 6.54 Å². The van der Waals surface area contributed by atoms with E-state index in [2.05, 4.69) is 21.6 Å². The molecule has 0 saturated heterocycles. The summed E-state index contributed by atoms with van der Waals surface area (Å²) >= 11 is 1.75. The summed E-state index contributed by atoms with van der Waals surface area (Å²) in [5.74, 6) is 0. The zero-order chi connectivity index (χ0) is 9.10. The number of aromatic amines is 1. The van der Waals surface area contributed by atoms with E-state index in [-0.39, 0.29) is 0 Å². The number of aromatic nitrogens is 2. The second-order valence-electron chi connectivity index (χ2n) is 2.78. The van der Waals surface area contributed by atoms with Crippen LogP contribution in [0, 0.1) is 0 Å². The van der Waals surface area contributed by atoms with Gasteiger partial charge in [0.05, 0.1) is 6.20 Å². The molecule has 0 fully saturated rings. The fourth-order valence-electron chi connectivity index (χ4n) is 1.32. The number of nitrogens with two attached hydrogens (primary N) is 1. The third-order valence-electron chi connectivity index (χ3n) is 1.93. The van der Waals surface area contributed by atoms with Crippen LogP contribution in [0.2, 0.25) is 0 Å². The highest BCUT2D eigenvalue weighted by atomic mass is 32.1. The van der Waals surface area contributed by atoms with E-state index in [1.165, 1.54) is 10.4 Å². The molecule has 13 heavy (non-hydrogen) atoms. The van der Waals surface area contributed by atoms with E-state index in [4.69, 9.17) is 5.73 Å². The van der Waals surface area contributed by atoms with E-state index in [1.54, 1.807) is 11.3 Å². The molecule has 3 nitrogen and oxygen atoms in total. The van der Waals surface area contributed by atoms with Crippen LogP contribution in [0.15, 0.2) is 23.8 Å². The lowest BCUT2D eigenvalue weighted by Crippen LogP contribution is -2.01. The smallest absolute Gasteiger partial charge is 0.0566 e. The Bertz CT molecular complexity index is 364. The summed E-state index contributed by atoms with van der Waals surface area (Å²) < 4.78 is 0. The molecule has 0 aliphatic heterocycles. The van der Waals surface area contributed by atoms with Crippen molar-refractivity contribution in [3.63, 3.8) is 0 Å². The standard InChI is InChI=1S/C9H11N3S/c10-3-1-9-8(2-4-13-9)7-5-11-12-6-7/h2,4-6H,1,3,10H2,(H,11,12). The Hall–Kier alpha value is -1.13. The highest BCUT2D eigenvalue weighted by Crippen LogP contribution is 2.27. The second kappa shape index (κ2) is 3.72. The molecule has 2 aromatic rings. The molecular formula is C9H11N3S. The van der Waals surface area contributed by atoms with Gasteiger partial charge in [0, 0.05) is 16.6 Å². The Balaban J connectivity index is 2.35. The zero-order valence-corrected chi connectivity index (χ0v) is 7.97. The molecule has 68 valence electrons. The minimum Gasteiger partial charge on any atom is -0.330 e. The molecule has 2 rings (SSSR count). The Kier molecular flexibility index (Phi) is 2.42. The maximum atomic E-state index is 5.53. The number of nitrogens with zero attached hydrogens (tertiary/aromatic N) is 1. The van der Waals surface area contributed by atoms with E-state index >= 15 is 0 Å². The predicted molar refractivity (Wildman–Crippen MR) is 54.7 cm³/mol. The molecule has 3 N–H and O–H groups in total. The van der Waals surface area contributed by atoms with Crippen molar-refractivity contribution >= 4 is 11.3 Å². The lowest BCUT2D eigenvalue weighted by Gasteiger charge is -1.97. The first-order valence-corrected chi connectivity index (χ1v) is 5.05. The molecule has 0 radical (unpaired) electrons. The number of H-pyrrole nitrogens is 1. The summed E-state index contributed by atoms with van der Waals surface area (Å²) in [7, 11) is 0. The van der Waals surface area contributed by atoms with Crippen LogP contribution < -0.4 is 5.73 Å². The summed E-state index contributed by atoms with van der Waals surface area (Å²) in [5, 5.41) is 8.83. The van der Waals surface area contributed by atoms with Crippen molar-refractivity contribution in [3.8, 4) is 11.1 Å². The van der Waals surface area contributed by atoms with Gasteiger partial charge in [-0.3, -0.25) is 5.10 Å². The van der Waals surface area contributed by atoms with Crippen LogP contribution in [0.3, 0.4) is 0 Å². The fraction of sp³-hybridized carbons (Fsp3) is 0.222. The zero-order valence-electron chi connectivity index (χ0n) is 7.16. The van der Waals surface area contributed by atoms with E-state index in [9.17, 15) is 0 Å². The van der Waals surface area contributed by atoms with E-state index in [0.717, 1.165) is 12.0 Å². The normalized spacial score (nSPS) is 10.5. The molecule has 2 aromatic heterocycles. The molecule has 2 heterocycles. The Labute approximate surface area is 80.6 Å². The summed E-state index contributed by atoms with van der Waals surface area (Å²) in [6, 6.07) is 2.11. The third kappa shape index (κ3) is 1.64. The summed E-state index contributed by atoms with van der Waals surface area (Å²) in [4.78, 5) is 1.34. The van der Waals surface area contributed by atoms with Gasteiger partial charge in [-0.1, -0.05) is 0 Å². The number of nitrogens with one attached hydrogen (secondary N) is 1. The van der Waals surface area contributed by atoms with Crippen molar-refractivity contribution in [1.82, 2.24) is 10.2 Å². The highest BCUT2D eigenvalue weighted by molar-refractivity contribution is 7.10. The Morgan fingerprint density at radius 2 is 2.46 bits per heavy atom. The molecule has 0 spiro atoms. The second-order valence-corrected chi connectivity index (χ2v) is 3.78.